The fourth-order valence-corrected chi connectivity index (χ4v) is 4.06. The summed E-state index contributed by atoms with van der Waals surface area (Å²) in [7, 11) is 0. The second-order valence-corrected chi connectivity index (χ2v) is 7.90. The van der Waals surface area contributed by atoms with Gasteiger partial charge in [-0.25, -0.2) is 10.0 Å². The molecule has 2 aliphatic heterocycles. The number of aliphatic imine (C=N–C) groups is 1. The first-order valence-electron chi connectivity index (χ1n) is 9.13. The van der Waals surface area contributed by atoms with Gasteiger partial charge in [0.25, 0.3) is 0 Å². The molecule has 0 saturated heterocycles. The summed E-state index contributed by atoms with van der Waals surface area (Å²) in [6, 6.07) is 16.3. The van der Waals surface area contributed by atoms with Crippen molar-refractivity contribution < 1.29 is 4.79 Å². The molecule has 0 fully saturated rings. The van der Waals surface area contributed by atoms with E-state index in [4.69, 9.17) is 4.99 Å². The highest BCUT2D eigenvalue weighted by Crippen LogP contribution is 2.40. The molecule has 1 N–H and O–H groups in total. The molecule has 138 valence electrons. The van der Waals surface area contributed by atoms with E-state index in [1.807, 2.05) is 41.6 Å². The van der Waals surface area contributed by atoms with Crippen LogP contribution in [0.5, 0.6) is 0 Å². The normalized spacial score (nSPS) is 17.5. The lowest BCUT2D eigenvalue weighted by atomic mass is 10.0. The first-order valence-corrected chi connectivity index (χ1v) is 10.1. The van der Waals surface area contributed by atoms with Crippen LogP contribution in [0.2, 0.25) is 0 Å². The Labute approximate surface area is 163 Å². The molecule has 0 bridgehead atoms. The molecule has 0 saturated carbocycles. The van der Waals surface area contributed by atoms with E-state index in [-0.39, 0.29) is 11.9 Å². The molecule has 27 heavy (non-hydrogen) atoms. The third-order valence-electron chi connectivity index (χ3n) is 4.73. The summed E-state index contributed by atoms with van der Waals surface area (Å²) in [6.45, 7) is 4.31. The van der Waals surface area contributed by atoms with Crippen LogP contribution in [-0.4, -0.2) is 28.1 Å². The number of para-hydroxylation sites is 1. The maximum atomic E-state index is 12.4. The number of benzene rings is 2. The van der Waals surface area contributed by atoms with Crippen LogP contribution in [0, 0.1) is 0 Å². The lowest BCUT2D eigenvalue weighted by Gasteiger charge is -2.29. The Kier molecular flexibility index (Phi) is 4.99. The minimum atomic E-state index is -0.0430. The summed E-state index contributed by atoms with van der Waals surface area (Å²) in [5, 5.41) is 10.1. The summed E-state index contributed by atoms with van der Waals surface area (Å²) in [5.74, 6) is 0.733. The Morgan fingerprint density at radius 3 is 2.78 bits per heavy atom. The van der Waals surface area contributed by atoms with Gasteiger partial charge in [-0.1, -0.05) is 55.9 Å². The molecule has 2 heterocycles. The van der Waals surface area contributed by atoms with E-state index in [2.05, 4.69) is 42.5 Å². The van der Waals surface area contributed by atoms with Gasteiger partial charge in [-0.3, -0.25) is 4.79 Å². The summed E-state index contributed by atoms with van der Waals surface area (Å²) in [6.07, 6.45) is 2.78. The Hall–Kier alpha value is -2.60. The number of amidine groups is 1. The third-order valence-corrected chi connectivity index (χ3v) is 5.67. The maximum absolute atomic E-state index is 12.4. The zero-order valence-corrected chi connectivity index (χ0v) is 16.2. The smallest absolute Gasteiger partial charge is 0.234 e. The van der Waals surface area contributed by atoms with Crippen molar-refractivity contribution in [2.75, 3.05) is 11.1 Å². The molecule has 1 amide bonds. The maximum Gasteiger partial charge on any atom is 0.234 e. The summed E-state index contributed by atoms with van der Waals surface area (Å²) < 4.78 is 0. The monoisotopic (exact) mass is 378 g/mol. The predicted octanol–water partition coefficient (Wildman–Crippen LogP) is 4.92. The van der Waals surface area contributed by atoms with Gasteiger partial charge in [-0.15, -0.1) is 0 Å². The standard InChI is InChI=1S/C21H22N4OS/c1-14(2)15-7-9-16(10-8-15)23-20(26)13-27-21-24-18-6-4-3-5-17(18)19-11-12-22-25(19)21/h3-10,12,14,19H,11,13H2,1-2H3,(H,23,26). The van der Waals surface area contributed by atoms with E-state index in [1.54, 1.807) is 0 Å². The van der Waals surface area contributed by atoms with E-state index >= 15 is 0 Å². The Morgan fingerprint density at radius 2 is 2.00 bits per heavy atom. The Balaban J connectivity index is 1.41. The van der Waals surface area contributed by atoms with E-state index in [0.29, 0.717) is 11.7 Å². The van der Waals surface area contributed by atoms with Gasteiger partial charge in [0, 0.05) is 23.9 Å². The molecule has 1 atom stereocenters. The largest absolute Gasteiger partial charge is 0.325 e. The van der Waals surface area contributed by atoms with Crippen LogP contribution >= 0.6 is 11.8 Å². The van der Waals surface area contributed by atoms with Crippen molar-refractivity contribution in [2.45, 2.75) is 32.2 Å². The lowest BCUT2D eigenvalue weighted by Crippen LogP contribution is -2.29. The van der Waals surface area contributed by atoms with Crippen LogP contribution in [0.1, 0.15) is 43.4 Å². The van der Waals surface area contributed by atoms with Crippen molar-refractivity contribution in [3.05, 3.63) is 59.7 Å². The summed E-state index contributed by atoms with van der Waals surface area (Å²) in [4.78, 5) is 17.1. The fraction of sp³-hybridized carbons (Fsp3) is 0.286. The fourth-order valence-electron chi connectivity index (χ4n) is 3.26. The van der Waals surface area contributed by atoms with Crippen molar-refractivity contribution in [1.29, 1.82) is 0 Å². The number of nitrogens with one attached hydrogen (secondary N) is 1. The van der Waals surface area contributed by atoms with Crippen LogP contribution in [-0.2, 0) is 4.79 Å². The molecule has 0 radical (unpaired) electrons. The zero-order valence-electron chi connectivity index (χ0n) is 15.4. The van der Waals surface area contributed by atoms with Crippen LogP contribution in [0.15, 0.2) is 58.6 Å². The number of carbonyl (C=O) groups excluding carboxylic acids is 1. The quantitative estimate of drug-likeness (QED) is 0.822. The van der Waals surface area contributed by atoms with E-state index in [0.717, 1.165) is 23.0 Å². The van der Waals surface area contributed by atoms with Gasteiger partial charge in [-0.05, 0) is 29.7 Å². The van der Waals surface area contributed by atoms with Gasteiger partial charge in [-0.2, -0.15) is 5.10 Å². The zero-order chi connectivity index (χ0) is 18.8. The minimum Gasteiger partial charge on any atom is -0.325 e. The van der Waals surface area contributed by atoms with Gasteiger partial charge >= 0.3 is 0 Å². The van der Waals surface area contributed by atoms with Gasteiger partial charge in [0.15, 0.2) is 5.17 Å². The molecule has 0 aromatic heterocycles. The summed E-state index contributed by atoms with van der Waals surface area (Å²) in [5.41, 5.74) is 4.24. The Morgan fingerprint density at radius 1 is 1.22 bits per heavy atom. The molecule has 2 aromatic rings. The second kappa shape index (κ2) is 7.56. The molecule has 1 unspecified atom stereocenters. The van der Waals surface area contributed by atoms with E-state index < -0.39 is 0 Å². The van der Waals surface area contributed by atoms with Crippen molar-refractivity contribution in [1.82, 2.24) is 5.01 Å². The minimum absolute atomic E-state index is 0.0430. The molecule has 0 spiro atoms. The van der Waals surface area contributed by atoms with Crippen LogP contribution in [0.3, 0.4) is 0 Å². The van der Waals surface area contributed by atoms with Crippen molar-refractivity contribution >= 4 is 40.4 Å². The Bertz CT molecular complexity index is 905. The highest BCUT2D eigenvalue weighted by atomic mass is 32.2. The van der Waals surface area contributed by atoms with Gasteiger partial charge in [0.1, 0.15) is 0 Å². The van der Waals surface area contributed by atoms with Gasteiger partial charge in [0.05, 0.1) is 17.5 Å². The molecule has 2 aliphatic rings. The molecular weight excluding hydrogens is 356 g/mol. The molecule has 0 aliphatic carbocycles. The van der Waals surface area contributed by atoms with Gasteiger partial charge < -0.3 is 5.32 Å². The number of carbonyl (C=O) groups is 1. The first kappa shape index (κ1) is 17.8. The summed E-state index contributed by atoms with van der Waals surface area (Å²) >= 11 is 1.42. The number of hydrogen-bond acceptors (Lipinski definition) is 5. The van der Waals surface area contributed by atoms with Crippen molar-refractivity contribution in [3.63, 3.8) is 0 Å². The number of thioether (sulfide) groups is 1. The first-order chi connectivity index (χ1) is 13.1. The molecule has 5 nitrogen and oxygen atoms in total. The van der Waals surface area contributed by atoms with Crippen molar-refractivity contribution in [3.8, 4) is 0 Å². The molecule has 6 heteroatoms. The number of hydrogen-bond donors (Lipinski definition) is 1. The highest BCUT2D eigenvalue weighted by Gasteiger charge is 2.32. The number of amides is 1. The van der Waals surface area contributed by atoms with Crippen molar-refractivity contribution in [2.24, 2.45) is 10.1 Å². The van der Waals surface area contributed by atoms with Crippen LogP contribution in [0.4, 0.5) is 11.4 Å². The highest BCUT2D eigenvalue weighted by molar-refractivity contribution is 8.14. The molecule has 2 aromatic carbocycles. The average Bonchev–Trinajstić information content (AvgIpc) is 3.17. The molecule has 4 rings (SSSR count). The lowest BCUT2D eigenvalue weighted by molar-refractivity contribution is -0.113. The van der Waals surface area contributed by atoms with Crippen LogP contribution in [0.25, 0.3) is 0 Å². The number of nitrogens with zero attached hydrogens (tertiary/aromatic N) is 3. The third kappa shape index (κ3) is 3.76. The SMILES string of the molecule is CC(C)c1ccc(NC(=O)CSC2=Nc3ccccc3C3CC=NN23)cc1. The number of hydrazone groups is 1. The van der Waals surface area contributed by atoms with E-state index in [9.17, 15) is 4.79 Å². The second-order valence-electron chi connectivity index (χ2n) is 6.96. The number of rotatable bonds is 4. The number of fused-ring (bicyclic) bond motifs is 3. The average molecular weight is 379 g/mol. The molecular formula is C21H22N4OS. The van der Waals surface area contributed by atoms with Crippen LogP contribution < -0.4 is 5.32 Å². The predicted molar refractivity (Wildman–Crippen MR) is 113 cm³/mol. The van der Waals surface area contributed by atoms with Gasteiger partial charge in [0.2, 0.25) is 5.91 Å². The number of anilines is 1. The van der Waals surface area contributed by atoms with E-state index in [1.165, 1.54) is 22.9 Å². The topological polar surface area (TPSA) is 57.1 Å².